The van der Waals surface area contributed by atoms with E-state index in [1.165, 1.54) is 4.90 Å². The average molecular weight is 228 g/mol. The Morgan fingerprint density at radius 3 is 2.00 bits per heavy atom. The highest BCUT2D eigenvalue weighted by Gasteiger charge is 2.24. The Kier molecular flexibility index (Phi) is 3.81. The molecule has 0 aromatic rings. The third-order valence-electron chi connectivity index (χ3n) is 1.91. The molecule has 2 fully saturated rings. The Bertz CT molecular complexity index is 327. The summed E-state index contributed by atoms with van der Waals surface area (Å²) in [6.07, 6.45) is 0. The first-order valence-electron chi connectivity index (χ1n) is 4.69. The number of hydrogen-bond acceptors (Lipinski definition) is 4. The topological polar surface area (TPSA) is 108 Å². The lowest BCUT2D eigenvalue weighted by atomic mass is 10.6. The molecule has 0 aromatic carbocycles. The molecule has 0 unspecified atom stereocenters. The zero-order valence-electron chi connectivity index (χ0n) is 8.70. The van der Waals surface area contributed by atoms with E-state index in [1.54, 1.807) is 0 Å². The van der Waals surface area contributed by atoms with E-state index in [-0.39, 0.29) is 30.9 Å². The first-order valence-corrected chi connectivity index (χ1v) is 4.69. The minimum absolute atomic E-state index is 0.124. The third kappa shape index (κ3) is 3.23. The lowest BCUT2D eigenvalue weighted by Crippen LogP contribution is -2.27. The first kappa shape index (κ1) is 12.0. The normalized spacial score (nSPS) is 18.7. The third-order valence-corrected chi connectivity index (χ3v) is 1.91. The predicted molar refractivity (Wildman–Crippen MR) is 52.3 cm³/mol. The Morgan fingerprint density at radius 2 is 1.81 bits per heavy atom. The van der Waals surface area contributed by atoms with E-state index in [2.05, 4.69) is 10.6 Å². The Morgan fingerprint density at radius 1 is 1.12 bits per heavy atom. The summed E-state index contributed by atoms with van der Waals surface area (Å²) in [5, 5.41) is 6.46. The van der Waals surface area contributed by atoms with Crippen LogP contribution in [0.25, 0.3) is 0 Å². The van der Waals surface area contributed by atoms with Crippen molar-refractivity contribution < 1.29 is 19.2 Å². The van der Waals surface area contributed by atoms with Gasteiger partial charge in [-0.3, -0.25) is 20.2 Å². The summed E-state index contributed by atoms with van der Waals surface area (Å²) in [7, 11) is 0. The molecule has 2 aliphatic heterocycles. The lowest BCUT2D eigenvalue weighted by Gasteiger charge is -2.06. The molecule has 2 saturated heterocycles. The van der Waals surface area contributed by atoms with Crippen LogP contribution in [0.5, 0.6) is 0 Å². The van der Waals surface area contributed by atoms with Crippen LogP contribution in [0.15, 0.2) is 0 Å². The van der Waals surface area contributed by atoms with Crippen LogP contribution in [0.4, 0.5) is 9.59 Å². The number of rotatable bonds is 1. The van der Waals surface area contributed by atoms with Crippen molar-refractivity contribution in [2.24, 2.45) is 0 Å². The van der Waals surface area contributed by atoms with Crippen LogP contribution in [0.2, 0.25) is 0 Å². The zero-order chi connectivity index (χ0) is 12.1. The molecule has 8 heteroatoms. The maximum Gasteiger partial charge on any atom is 0.324 e. The van der Waals surface area contributed by atoms with Crippen LogP contribution >= 0.6 is 0 Å². The zero-order valence-corrected chi connectivity index (χ0v) is 8.70. The van der Waals surface area contributed by atoms with E-state index in [0.717, 1.165) is 0 Å². The van der Waals surface area contributed by atoms with Crippen molar-refractivity contribution in [1.82, 2.24) is 20.9 Å². The Hall–Kier alpha value is -2.12. The molecule has 0 aromatic heterocycles. The molecule has 0 radical (unpaired) electrons. The quantitative estimate of drug-likeness (QED) is 0.469. The summed E-state index contributed by atoms with van der Waals surface area (Å²) in [4.78, 5) is 42.6. The van der Waals surface area contributed by atoms with Crippen molar-refractivity contribution in [2.45, 2.75) is 6.92 Å². The highest BCUT2D eigenvalue weighted by atomic mass is 16.2. The fourth-order valence-electron chi connectivity index (χ4n) is 1.11. The second-order valence-electron chi connectivity index (χ2n) is 3.10. The number of nitrogens with one attached hydrogen (secondary N) is 3. The number of urea groups is 2. The van der Waals surface area contributed by atoms with E-state index < -0.39 is 6.03 Å². The second-order valence-corrected chi connectivity index (χ2v) is 3.10. The fraction of sp³-hybridized carbons (Fsp3) is 0.500. The second kappa shape index (κ2) is 5.10. The van der Waals surface area contributed by atoms with Crippen LogP contribution < -0.4 is 16.0 Å². The molecular weight excluding hydrogens is 216 g/mol. The SMILES string of the molecule is CCN1CC(=O)NC1=O.O=C1CNC(=O)N1. The molecule has 6 amide bonds. The smallest absolute Gasteiger partial charge is 0.324 e. The number of amides is 6. The van der Waals surface area contributed by atoms with Gasteiger partial charge in [0.15, 0.2) is 0 Å². The Labute approximate surface area is 91.3 Å². The molecule has 0 spiro atoms. The minimum Gasteiger partial charge on any atom is -0.329 e. The van der Waals surface area contributed by atoms with Gasteiger partial charge >= 0.3 is 12.1 Å². The molecule has 2 rings (SSSR count). The van der Waals surface area contributed by atoms with Crippen molar-refractivity contribution in [3.8, 4) is 0 Å². The van der Waals surface area contributed by atoms with Crippen molar-refractivity contribution in [3.05, 3.63) is 0 Å². The van der Waals surface area contributed by atoms with Crippen molar-refractivity contribution in [3.63, 3.8) is 0 Å². The van der Waals surface area contributed by atoms with Gasteiger partial charge in [-0.1, -0.05) is 0 Å². The number of imide groups is 2. The van der Waals surface area contributed by atoms with Crippen LogP contribution in [-0.2, 0) is 9.59 Å². The van der Waals surface area contributed by atoms with Crippen molar-refractivity contribution in [2.75, 3.05) is 19.6 Å². The lowest BCUT2D eigenvalue weighted by molar-refractivity contribution is -0.118. The monoisotopic (exact) mass is 228 g/mol. The molecule has 0 aliphatic carbocycles. The number of carbonyl (C=O) groups excluding carboxylic acids is 4. The number of likely N-dealkylation sites (N-methyl/N-ethyl adjacent to an activating group) is 1. The van der Waals surface area contributed by atoms with Gasteiger partial charge in [-0.05, 0) is 6.92 Å². The minimum atomic E-state index is -0.398. The summed E-state index contributed by atoms with van der Waals surface area (Å²) in [6, 6.07) is -0.674. The molecule has 88 valence electrons. The summed E-state index contributed by atoms with van der Waals surface area (Å²) in [5.74, 6) is -0.466. The maximum atomic E-state index is 10.6. The largest absolute Gasteiger partial charge is 0.329 e. The van der Waals surface area contributed by atoms with Gasteiger partial charge in [0.05, 0.1) is 6.54 Å². The highest BCUT2D eigenvalue weighted by molar-refractivity contribution is 6.02. The molecule has 8 nitrogen and oxygen atoms in total. The molecule has 3 N–H and O–H groups in total. The van der Waals surface area contributed by atoms with Crippen LogP contribution in [0.3, 0.4) is 0 Å². The van der Waals surface area contributed by atoms with Crippen LogP contribution in [0, 0.1) is 0 Å². The van der Waals surface area contributed by atoms with Gasteiger partial charge in [0.25, 0.3) is 0 Å². The molecule has 2 heterocycles. The van der Waals surface area contributed by atoms with Crippen LogP contribution in [-0.4, -0.2) is 48.4 Å². The molecule has 16 heavy (non-hydrogen) atoms. The predicted octanol–water partition coefficient (Wildman–Crippen LogP) is -1.62. The van der Waals surface area contributed by atoms with E-state index in [4.69, 9.17) is 0 Å². The summed E-state index contributed by atoms with van der Waals surface area (Å²) < 4.78 is 0. The Balaban J connectivity index is 0.000000165. The van der Waals surface area contributed by atoms with Crippen molar-refractivity contribution in [1.29, 1.82) is 0 Å². The van der Waals surface area contributed by atoms with E-state index in [9.17, 15) is 19.2 Å². The maximum absolute atomic E-state index is 10.6. The van der Waals surface area contributed by atoms with Gasteiger partial charge < -0.3 is 10.2 Å². The van der Waals surface area contributed by atoms with Gasteiger partial charge in [-0.15, -0.1) is 0 Å². The molecule has 2 aliphatic rings. The molecule has 0 atom stereocenters. The number of nitrogens with zero attached hydrogens (tertiary/aromatic N) is 1. The average Bonchev–Trinajstić information content (AvgIpc) is 2.73. The van der Waals surface area contributed by atoms with Gasteiger partial charge in [-0.25, -0.2) is 9.59 Å². The van der Waals surface area contributed by atoms with E-state index >= 15 is 0 Å². The van der Waals surface area contributed by atoms with Crippen LogP contribution in [0.1, 0.15) is 6.92 Å². The van der Waals surface area contributed by atoms with E-state index in [0.29, 0.717) is 6.54 Å². The van der Waals surface area contributed by atoms with Gasteiger partial charge in [0.1, 0.15) is 6.54 Å². The fourth-order valence-corrected chi connectivity index (χ4v) is 1.11. The molecule has 0 saturated carbocycles. The summed E-state index contributed by atoms with van der Waals surface area (Å²) in [6.45, 7) is 2.77. The molecular formula is C8H12N4O4. The standard InChI is InChI=1S/C5H8N2O2.C3H4N2O2/c1-2-7-3-4(8)6-5(7)9;6-2-1-4-3(7)5-2/h2-3H2,1H3,(H,6,8,9);1H2,(H2,4,5,6,7). The van der Waals surface area contributed by atoms with Gasteiger partial charge in [0, 0.05) is 6.54 Å². The summed E-state index contributed by atoms with van der Waals surface area (Å²) >= 11 is 0. The van der Waals surface area contributed by atoms with Gasteiger partial charge in [0.2, 0.25) is 11.8 Å². The highest BCUT2D eigenvalue weighted by Crippen LogP contribution is 1.95. The van der Waals surface area contributed by atoms with Crippen molar-refractivity contribution >= 4 is 23.9 Å². The number of hydrogen-bond donors (Lipinski definition) is 3. The molecule has 0 bridgehead atoms. The number of carbonyl (C=O) groups is 4. The first-order chi connectivity index (χ1) is 7.52. The van der Waals surface area contributed by atoms with Gasteiger partial charge in [-0.2, -0.15) is 0 Å². The van der Waals surface area contributed by atoms with E-state index in [1.807, 2.05) is 12.2 Å². The summed E-state index contributed by atoms with van der Waals surface area (Å²) in [5.41, 5.74) is 0.